The zero-order valence-corrected chi connectivity index (χ0v) is 19.0. The van der Waals surface area contributed by atoms with Gasteiger partial charge in [0.1, 0.15) is 17.6 Å². The number of hydrogen-bond acceptors (Lipinski definition) is 4. The minimum Gasteiger partial charge on any atom is -0.482 e. The Morgan fingerprint density at radius 3 is 2.61 bits per heavy atom. The van der Waals surface area contributed by atoms with Gasteiger partial charge in [-0.25, -0.2) is 4.79 Å². The van der Waals surface area contributed by atoms with Crippen molar-refractivity contribution in [1.82, 2.24) is 0 Å². The average molecular weight is 425 g/mol. The molecule has 4 fully saturated rings. The van der Waals surface area contributed by atoms with Crippen LogP contribution >= 0.6 is 0 Å². The summed E-state index contributed by atoms with van der Waals surface area (Å²) in [5.74, 6) is 3.63. The molecule has 0 heterocycles. The lowest BCUT2D eigenvalue weighted by atomic mass is 9.45. The molecule has 0 unspecified atom stereocenters. The number of Topliss-reactive ketones (excluding diaryl/α,β-unsaturated/α-hetero) is 1. The van der Waals surface area contributed by atoms with Gasteiger partial charge in [0.25, 0.3) is 0 Å². The number of para-hydroxylation sites is 1. The summed E-state index contributed by atoms with van der Waals surface area (Å²) in [6.45, 7) is 4.73. The molecule has 0 aliphatic heterocycles. The second-order valence-electron chi connectivity index (χ2n) is 11.1. The molecule has 4 aliphatic rings. The van der Waals surface area contributed by atoms with Crippen molar-refractivity contribution in [3.8, 4) is 5.75 Å². The van der Waals surface area contributed by atoms with Crippen molar-refractivity contribution in [3.63, 3.8) is 0 Å². The lowest BCUT2D eigenvalue weighted by molar-refractivity contribution is -0.164. The van der Waals surface area contributed by atoms with Gasteiger partial charge in [-0.2, -0.15) is 0 Å². The van der Waals surface area contributed by atoms with Gasteiger partial charge in [-0.15, -0.1) is 0 Å². The van der Waals surface area contributed by atoms with Crippen LogP contribution in [0.2, 0.25) is 0 Å². The van der Waals surface area contributed by atoms with Crippen LogP contribution in [0.25, 0.3) is 0 Å². The highest BCUT2D eigenvalue weighted by molar-refractivity contribution is 5.87. The zero-order chi connectivity index (χ0) is 21.6. The van der Waals surface area contributed by atoms with E-state index >= 15 is 0 Å². The third kappa shape index (κ3) is 3.60. The predicted octanol–water partition coefficient (Wildman–Crippen LogP) is 5.59. The number of benzene rings is 1. The Morgan fingerprint density at radius 2 is 1.81 bits per heavy atom. The molecule has 0 spiro atoms. The van der Waals surface area contributed by atoms with Gasteiger partial charge in [-0.3, -0.25) is 4.79 Å². The van der Waals surface area contributed by atoms with E-state index in [9.17, 15) is 9.59 Å². The number of esters is 1. The first-order valence-electron chi connectivity index (χ1n) is 12.3. The van der Waals surface area contributed by atoms with Gasteiger partial charge in [0.2, 0.25) is 0 Å². The summed E-state index contributed by atoms with van der Waals surface area (Å²) in [6.07, 6.45) is 9.74. The van der Waals surface area contributed by atoms with Crippen molar-refractivity contribution in [1.29, 1.82) is 0 Å². The molecule has 1 aromatic rings. The highest BCUT2D eigenvalue weighted by Gasteiger charge is 2.60. The summed E-state index contributed by atoms with van der Waals surface area (Å²) in [5.41, 5.74) is 0.287. The van der Waals surface area contributed by atoms with Gasteiger partial charge in [0.15, 0.2) is 6.61 Å². The summed E-state index contributed by atoms with van der Waals surface area (Å²) in [4.78, 5) is 25.0. The van der Waals surface area contributed by atoms with Crippen molar-refractivity contribution < 1.29 is 19.1 Å². The summed E-state index contributed by atoms with van der Waals surface area (Å²) in [6, 6.07) is 9.43. The molecule has 4 saturated carbocycles. The summed E-state index contributed by atoms with van der Waals surface area (Å²) in [5, 5.41) is 0. The van der Waals surface area contributed by atoms with E-state index < -0.39 is 0 Å². The predicted molar refractivity (Wildman–Crippen MR) is 119 cm³/mol. The normalized spacial score (nSPS) is 41.6. The number of carbonyl (C=O) groups excluding carboxylic acids is 2. The Hall–Kier alpha value is -1.84. The van der Waals surface area contributed by atoms with Crippen LogP contribution in [-0.4, -0.2) is 24.5 Å². The van der Waals surface area contributed by atoms with E-state index in [0.29, 0.717) is 34.7 Å². The molecule has 7 atom stereocenters. The largest absolute Gasteiger partial charge is 0.482 e. The number of fused-ring (bicyclic) bond motifs is 5. The summed E-state index contributed by atoms with van der Waals surface area (Å²) >= 11 is 0. The molecule has 0 saturated heterocycles. The topological polar surface area (TPSA) is 52.6 Å². The molecule has 31 heavy (non-hydrogen) atoms. The van der Waals surface area contributed by atoms with Crippen molar-refractivity contribution in [2.24, 2.45) is 34.5 Å². The number of ether oxygens (including phenoxy) is 2. The molecule has 168 valence electrons. The molecule has 0 N–H and O–H groups in total. The van der Waals surface area contributed by atoms with E-state index in [0.717, 1.165) is 44.4 Å². The number of carbonyl (C=O) groups is 2. The number of hydrogen-bond donors (Lipinski definition) is 0. The fourth-order valence-corrected chi connectivity index (χ4v) is 7.98. The molecular formula is C27H36O4. The second kappa shape index (κ2) is 7.94. The molecule has 4 heteroatoms. The van der Waals surface area contributed by atoms with Crippen molar-refractivity contribution in [2.75, 3.05) is 6.61 Å². The summed E-state index contributed by atoms with van der Waals surface area (Å²) in [7, 11) is 0. The van der Waals surface area contributed by atoms with E-state index in [4.69, 9.17) is 9.47 Å². The third-order valence-electron chi connectivity index (χ3n) is 9.72. The fourth-order valence-electron chi connectivity index (χ4n) is 7.98. The smallest absolute Gasteiger partial charge is 0.344 e. The van der Waals surface area contributed by atoms with Crippen molar-refractivity contribution >= 4 is 11.8 Å². The van der Waals surface area contributed by atoms with Crippen LogP contribution in [0.5, 0.6) is 5.75 Å². The maximum atomic E-state index is 12.6. The lowest BCUT2D eigenvalue weighted by Gasteiger charge is -2.60. The minimum absolute atomic E-state index is 0.0170. The SMILES string of the molecule is C[C@]12CC[C@H](OC(=O)COc3ccccc3)C[C@@H]1CC[C@@H]1[C@@H]2CC[C@]2(C)C(=O)CC[C@@H]12. The Balaban J connectivity index is 1.19. The highest BCUT2D eigenvalue weighted by Crippen LogP contribution is 2.65. The van der Waals surface area contributed by atoms with E-state index in [2.05, 4.69) is 13.8 Å². The van der Waals surface area contributed by atoms with Gasteiger partial charge >= 0.3 is 5.97 Å². The van der Waals surface area contributed by atoms with Crippen LogP contribution in [0.4, 0.5) is 0 Å². The molecule has 0 amide bonds. The van der Waals surface area contributed by atoms with Crippen LogP contribution in [0, 0.1) is 34.5 Å². The highest BCUT2D eigenvalue weighted by atomic mass is 16.6. The Labute approximate surface area is 186 Å². The maximum absolute atomic E-state index is 12.6. The fraction of sp³-hybridized carbons (Fsp3) is 0.704. The van der Waals surface area contributed by atoms with Gasteiger partial charge < -0.3 is 9.47 Å². The van der Waals surface area contributed by atoms with Gasteiger partial charge in [0.05, 0.1) is 0 Å². The van der Waals surface area contributed by atoms with Crippen LogP contribution in [0.1, 0.15) is 71.6 Å². The average Bonchev–Trinajstić information content (AvgIpc) is 3.08. The molecule has 0 bridgehead atoms. The standard InChI is InChI=1S/C27H36O4/c1-26-14-12-20(31-25(29)17-30-19-6-4-3-5-7-19)16-18(26)8-9-21-22-10-11-24(28)27(22,2)15-13-23(21)26/h3-7,18,20-23H,8-17H2,1-2H3/t18-,20-,21-,22-,23-,26-,27-/m0/s1. The molecule has 0 radical (unpaired) electrons. The summed E-state index contributed by atoms with van der Waals surface area (Å²) < 4.78 is 11.4. The van der Waals surface area contributed by atoms with Crippen LogP contribution < -0.4 is 4.74 Å². The van der Waals surface area contributed by atoms with Crippen LogP contribution in [0.15, 0.2) is 30.3 Å². The quantitative estimate of drug-likeness (QED) is 0.591. The van der Waals surface area contributed by atoms with Gasteiger partial charge in [-0.05, 0) is 92.6 Å². The van der Waals surface area contributed by atoms with E-state index in [-0.39, 0.29) is 24.1 Å². The third-order valence-corrected chi connectivity index (χ3v) is 9.72. The van der Waals surface area contributed by atoms with Crippen molar-refractivity contribution in [2.45, 2.75) is 77.7 Å². The van der Waals surface area contributed by atoms with Gasteiger partial charge in [0, 0.05) is 11.8 Å². The van der Waals surface area contributed by atoms with Crippen molar-refractivity contribution in [3.05, 3.63) is 30.3 Å². The Bertz CT molecular complexity index is 835. The Morgan fingerprint density at radius 1 is 1.00 bits per heavy atom. The van der Waals surface area contributed by atoms with E-state index in [1.54, 1.807) is 0 Å². The minimum atomic E-state index is -0.260. The molecule has 4 aliphatic carbocycles. The van der Waals surface area contributed by atoms with Crippen LogP contribution in [-0.2, 0) is 14.3 Å². The van der Waals surface area contributed by atoms with E-state index in [1.807, 2.05) is 30.3 Å². The van der Waals surface area contributed by atoms with E-state index in [1.165, 1.54) is 19.3 Å². The molecule has 4 nitrogen and oxygen atoms in total. The second-order valence-corrected chi connectivity index (χ2v) is 11.1. The maximum Gasteiger partial charge on any atom is 0.344 e. The first kappa shape index (κ1) is 21.0. The number of ketones is 1. The Kier molecular flexibility index (Phi) is 5.38. The molecule has 0 aromatic heterocycles. The molecule has 5 rings (SSSR count). The van der Waals surface area contributed by atoms with Crippen LogP contribution in [0.3, 0.4) is 0 Å². The number of rotatable bonds is 4. The monoisotopic (exact) mass is 424 g/mol. The first-order valence-corrected chi connectivity index (χ1v) is 12.3. The lowest BCUT2D eigenvalue weighted by Crippen LogP contribution is -2.54. The molecule has 1 aromatic carbocycles. The zero-order valence-electron chi connectivity index (χ0n) is 19.0. The first-order chi connectivity index (χ1) is 14.9. The molecular weight excluding hydrogens is 388 g/mol. The van der Waals surface area contributed by atoms with Gasteiger partial charge in [-0.1, -0.05) is 32.0 Å².